The van der Waals surface area contributed by atoms with Gasteiger partial charge >= 0.3 is 0 Å². The van der Waals surface area contributed by atoms with Crippen LogP contribution in [-0.2, 0) is 10.8 Å². The Morgan fingerprint density at radius 1 is 0.833 bits per heavy atom. The Bertz CT molecular complexity index is 359. The van der Waals surface area contributed by atoms with Gasteiger partial charge in [-0.3, -0.25) is 0 Å². The quantitative estimate of drug-likeness (QED) is 0.725. The Hall–Kier alpha value is -0.980. The lowest BCUT2D eigenvalue weighted by Gasteiger charge is -2.26. The molecule has 1 aromatic rings. The molecule has 0 atom stereocenters. The van der Waals surface area contributed by atoms with Gasteiger partial charge in [-0.25, -0.2) is 0 Å². The third-order valence-corrected chi connectivity index (χ3v) is 3.11. The van der Waals surface area contributed by atoms with Gasteiger partial charge in [0.1, 0.15) is 5.75 Å². The monoisotopic (exact) mass is 248 g/mol. The summed E-state index contributed by atoms with van der Waals surface area (Å²) in [5, 5.41) is 0. The van der Waals surface area contributed by atoms with Crippen LogP contribution in [0.15, 0.2) is 18.2 Å². The fourth-order valence-electron chi connectivity index (χ4n) is 1.77. The van der Waals surface area contributed by atoms with Crippen molar-refractivity contribution in [3.8, 4) is 5.75 Å². The van der Waals surface area contributed by atoms with Gasteiger partial charge in [0.05, 0.1) is 6.61 Å². The average molecular weight is 248 g/mol. The molecule has 0 spiro atoms. The van der Waals surface area contributed by atoms with Crippen molar-refractivity contribution in [3.05, 3.63) is 29.3 Å². The predicted octanol–water partition coefficient (Wildman–Crippen LogP) is 5.07. The molecule has 102 valence electrons. The highest BCUT2D eigenvalue weighted by molar-refractivity contribution is 5.40. The predicted molar refractivity (Wildman–Crippen MR) is 79.6 cm³/mol. The maximum atomic E-state index is 5.83. The van der Waals surface area contributed by atoms with Gasteiger partial charge in [0.25, 0.3) is 0 Å². The van der Waals surface area contributed by atoms with Gasteiger partial charge in [-0.1, -0.05) is 54.5 Å². The van der Waals surface area contributed by atoms with E-state index in [4.69, 9.17) is 4.74 Å². The highest BCUT2D eigenvalue weighted by Gasteiger charge is 2.20. The molecule has 1 heteroatoms. The van der Waals surface area contributed by atoms with Gasteiger partial charge in [0, 0.05) is 0 Å². The summed E-state index contributed by atoms with van der Waals surface area (Å²) in [4.78, 5) is 0. The van der Waals surface area contributed by atoms with Crippen LogP contribution in [0.3, 0.4) is 0 Å². The first-order chi connectivity index (χ1) is 8.14. The van der Waals surface area contributed by atoms with Gasteiger partial charge in [-0.05, 0) is 40.5 Å². The molecular weight excluding hydrogens is 220 g/mol. The van der Waals surface area contributed by atoms with Crippen LogP contribution in [0.1, 0.15) is 66.0 Å². The lowest BCUT2D eigenvalue weighted by Crippen LogP contribution is -2.16. The Kier molecular flexibility index (Phi) is 4.47. The van der Waals surface area contributed by atoms with Crippen LogP contribution in [0.4, 0.5) is 0 Å². The van der Waals surface area contributed by atoms with Crippen LogP contribution in [0.5, 0.6) is 5.75 Å². The van der Waals surface area contributed by atoms with Crippen molar-refractivity contribution in [2.24, 2.45) is 0 Å². The molecule has 1 aromatic carbocycles. The minimum atomic E-state index is 0.158. The van der Waals surface area contributed by atoms with Crippen molar-refractivity contribution >= 4 is 0 Å². The van der Waals surface area contributed by atoms with Crippen molar-refractivity contribution in [1.82, 2.24) is 0 Å². The van der Waals surface area contributed by atoms with Gasteiger partial charge in [0.15, 0.2) is 0 Å². The van der Waals surface area contributed by atoms with E-state index >= 15 is 0 Å². The molecule has 0 unspecified atom stereocenters. The Morgan fingerprint density at radius 2 is 1.28 bits per heavy atom. The van der Waals surface area contributed by atoms with Crippen molar-refractivity contribution < 1.29 is 4.74 Å². The van der Waals surface area contributed by atoms with E-state index in [9.17, 15) is 0 Å². The van der Waals surface area contributed by atoms with Crippen LogP contribution in [-0.4, -0.2) is 6.61 Å². The first-order valence-corrected chi connectivity index (χ1v) is 6.93. The molecule has 0 aliphatic rings. The van der Waals surface area contributed by atoms with Crippen LogP contribution in [0.25, 0.3) is 0 Å². The van der Waals surface area contributed by atoms with Crippen LogP contribution >= 0.6 is 0 Å². The zero-order chi connectivity index (χ0) is 14.0. The molecule has 0 saturated carbocycles. The molecular formula is C17H28O. The molecule has 0 fully saturated rings. The van der Waals surface area contributed by atoms with Crippen molar-refractivity contribution in [2.75, 3.05) is 6.61 Å². The maximum Gasteiger partial charge on any atom is 0.119 e. The Labute approximate surface area is 113 Å². The standard InChI is InChI=1S/C17H28O/c1-8-9-18-15-11-13(16(2,3)4)10-14(12-15)17(5,6)7/h10-12H,8-9H2,1-7H3. The Morgan fingerprint density at radius 3 is 1.61 bits per heavy atom. The highest BCUT2D eigenvalue weighted by Crippen LogP contribution is 2.32. The fraction of sp³-hybridized carbons (Fsp3) is 0.647. The highest BCUT2D eigenvalue weighted by atomic mass is 16.5. The van der Waals surface area contributed by atoms with Crippen molar-refractivity contribution in [2.45, 2.75) is 65.7 Å². The summed E-state index contributed by atoms with van der Waals surface area (Å²) in [6, 6.07) is 6.69. The summed E-state index contributed by atoms with van der Waals surface area (Å²) in [6.07, 6.45) is 1.05. The third-order valence-electron chi connectivity index (χ3n) is 3.11. The number of ether oxygens (including phenoxy) is 1. The van der Waals surface area contributed by atoms with Crippen LogP contribution in [0, 0.1) is 0 Å². The van der Waals surface area contributed by atoms with Gasteiger partial charge < -0.3 is 4.74 Å². The zero-order valence-corrected chi connectivity index (χ0v) is 13.1. The summed E-state index contributed by atoms with van der Waals surface area (Å²) in [5.74, 6) is 1.01. The molecule has 0 N–H and O–H groups in total. The number of hydrogen-bond acceptors (Lipinski definition) is 1. The molecule has 0 heterocycles. The first-order valence-electron chi connectivity index (χ1n) is 6.93. The lowest BCUT2D eigenvalue weighted by atomic mass is 9.80. The number of rotatable bonds is 3. The van der Waals surface area contributed by atoms with Gasteiger partial charge in [-0.15, -0.1) is 0 Å². The maximum absolute atomic E-state index is 5.83. The van der Waals surface area contributed by atoms with E-state index in [1.165, 1.54) is 11.1 Å². The second-order valence-electron chi connectivity index (χ2n) is 7.09. The summed E-state index contributed by atoms with van der Waals surface area (Å²) >= 11 is 0. The van der Waals surface area contributed by atoms with E-state index in [1.807, 2.05) is 0 Å². The van der Waals surface area contributed by atoms with E-state index in [1.54, 1.807) is 0 Å². The third kappa shape index (κ3) is 4.04. The van der Waals surface area contributed by atoms with Crippen LogP contribution < -0.4 is 4.74 Å². The molecule has 18 heavy (non-hydrogen) atoms. The van der Waals surface area contributed by atoms with Crippen molar-refractivity contribution in [3.63, 3.8) is 0 Å². The van der Waals surface area contributed by atoms with Crippen LogP contribution in [0.2, 0.25) is 0 Å². The van der Waals surface area contributed by atoms with E-state index in [-0.39, 0.29) is 10.8 Å². The van der Waals surface area contributed by atoms with Gasteiger partial charge in [-0.2, -0.15) is 0 Å². The minimum Gasteiger partial charge on any atom is -0.494 e. The summed E-state index contributed by atoms with van der Waals surface area (Å²) in [6.45, 7) is 16.4. The summed E-state index contributed by atoms with van der Waals surface area (Å²) in [7, 11) is 0. The molecule has 0 aliphatic carbocycles. The average Bonchev–Trinajstić information content (AvgIpc) is 2.23. The summed E-state index contributed by atoms with van der Waals surface area (Å²) < 4.78 is 5.83. The second kappa shape index (κ2) is 5.34. The van der Waals surface area contributed by atoms with E-state index in [2.05, 4.69) is 66.7 Å². The molecule has 1 rings (SSSR count). The number of hydrogen-bond donors (Lipinski definition) is 0. The van der Waals surface area contributed by atoms with E-state index in [0.717, 1.165) is 18.8 Å². The molecule has 0 aromatic heterocycles. The van der Waals surface area contributed by atoms with Gasteiger partial charge in [0.2, 0.25) is 0 Å². The zero-order valence-electron chi connectivity index (χ0n) is 13.1. The molecule has 0 aliphatic heterocycles. The normalized spacial score (nSPS) is 12.6. The first kappa shape index (κ1) is 15.1. The lowest BCUT2D eigenvalue weighted by molar-refractivity contribution is 0.315. The van der Waals surface area contributed by atoms with E-state index in [0.29, 0.717) is 0 Å². The topological polar surface area (TPSA) is 9.23 Å². The molecule has 0 saturated heterocycles. The number of benzene rings is 1. The fourth-order valence-corrected chi connectivity index (χ4v) is 1.77. The van der Waals surface area contributed by atoms with E-state index < -0.39 is 0 Å². The SMILES string of the molecule is CCCOc1cc(C(C)(C)C)cc(C(C)(C)C)c1. The molecule has 1 nitrogen and oxygen atoms in total. The van der Waals surface area contributed by atoms with Crippen molar-refractivity contribution in [1.29, 1.82) is 0 Å². The second-order valence-corrected chi connectivity index (χ2v) is 7.09. The largest absolute Gasteiger partial charge is 0.494 e. The summed E-state index contributed by atoms with van der Waals surface area (Å²) in [5.41, 5.74) is 3.01. The minimum absolute atomic E-state index is 0.158. The molecule has 0 radical (unpaired) electrons. The molecule has 0 bridgehead atoms. The molecule has 0 amide bonds. The Balaban J connectivity index is 3.21. The smallest absolute Gasteiger partial charge is 0.119 e.